The average Bonchev–Trinajstić information content (AvgIpc) is 2.21. The lowest BCUT2D eigenvalue weighted by Crippen LogP contribution is -2.28. The van der Waals surface area contributed by atoms with Gasteiger partial charge in [0.15, 0.2) is 6.10 Å². The molecule has 5 heteroatoms. The maximum atomic E-state index is 11.1. The molecule has 0 heterocycles. The van der Waals surface area contributed by atoms with E-state index in [-0.39, 0.29) is 6.61 Å². The van der Waals surface area contributed by atoms with Crippen LogP contribution >= 0.6 is 0 Å². The molecule has 0 aliphatic rings. The van der Waals surface area contributed by atoms with E-state index in [0.717, 1.165) is 12.8 Å². The normalized spacial score (nSPS) is 11.9. The van der Waals surface area contributed by atoms with Crippen LogP contribution < -0.4 is 0 Å². The quantitative estimate of drug-likeness (QED) is 0.372. The van der Waals surface area contributed by atoms with Gasteiger partial charge in [-0.2, -0.15) is 0 Å². The smallest absolute Gasteiger partial charge is 0.339 e. The standard InChI is InChI=1S/C10H16O5/c1-3-4-5-6-15-10(14)8(11)7(2)9(12)13/h8,11H,2-6H2,1H3,(H,12,13). The molecular weight excluding hydrogens is 200 g/mol. The zero-order chi connectivity index (χ0) is 11.8. The van der Waals surface area contributed by atoms with E-state index >= 15 is 0 Å². The maximum Gasteiger partial charge on any atom is 0.339 e. The van der Waals surface area contributed by atoms with Crippen LogP contribution in [-0.4, -0.2) is 34.9 Å². The fourth-order valence-corrected chi connectivity index (χ4v) is 0.863. The van der Waals surface area contributed by atoms with E-state index in [4.69, 9.17) is 10.2 Å². The van der Waals surface area contributed by atoms with Crippen LogP contribution in [0.5, 0.6) is 0 Å². The summed E-state index contributed by atoms with van der Waals surface area (Å²) in [5.74, 6) is -2.37. The molecule has 0 aromatic heterocycles. The molecule has 15 heavy (non-hydrogen) atoms. The summed E-state index contributed by atoms with van der Waals surface area (Å²) in [6, 6.07) is 0. The van der Waals surface area contributed by atoms with Gasteiger partial charge in [0.2, 0.25) is 0 Å². The lowest BCUT2D eigenvalue weighted by atomic mass is 10.2. The van der Waals surface area contributed by atoms with E-state index < -0.39 is 23.6 Å². The number of ether oxygens (including phenoxy) is 1. The van der Waals surface area contributed by atoms with E-state index in [9.17, 15) is 9.59 Å². The summed E-state index contributed by atoms with van der Waals surface area (Å²) in [7, 11) is 0. The second-order valence-corrected chi connectivity index (χ2v) is 3.11. The number of aliphatic hydroxyl groups excluding tert-OH is 1. The van der Waals surface area contributed by atoms with Gasteiger partial charge >= 0.3 is 11.9 Å². The van der Waals surface area contributed by atoms with Crippen molar-refractivity contribution in [1.82, 2.24) is 0 Å². The van der Waals surface area contributed by atoms with E-state index in [1.807, 2.05) is 6.92 Å². The predicted molar refractivity (Wildman–Crippen MR) is 53.3 cm³/mol. The molecule has 0 radical (unpaired) electrons. The Bertz CT molecular complexity index is 246. The van der Waals surface area contributed by atoms with E-state index in [1.54, 1.807) is 0 Å². The van der Waals surface area contributed by atoms with Crippen LogP contribution in [-0.2, 0) is 14.3 Å². The monoisotopic (exact) mass is 216 g/mol. The number of carbonyl (C=O) groups is 2. The van der Waals surface area contributed by atoms with Crippen molar-refractivity contribution in [2.24, 2.45) is 0 Å². The summed E-state index contributed by atoms with van der Waals surface area (Å²) in [6.45, 7) is 5.26. The van der Waals surface area contributed by atoms with Crippen molar-refractivity contribution in [1.29, 1.82) is 0 Å². The number of unbranched alkanes of at least 4 members (excludes halogenated alkanes) is 2. The molecule has 0 aliphatic carbocycles. The van der Waals surface area contributed by atoms with Crippen LogP contribution in [0.15, 0.2) is 12.2 Å². The lowest BCUT2D eigenvalue weighted by molar-refractivity contribution is -0.153. The van der Waals surface area contributed by atoms with E-state index in [2.05, 4.69) is 11.3 Å². The lowest BCUT2D eigenvalue weighted by Gasteiger charge is -2.09. The minimum atomic E-state index is -1.77. The second-order valence-electron chi connectivity index (χ2n) is 3.11. The number of carboxylic acids is 1. The molecule has 5 nitrogen and oxygen atoms in total. The Hall–Kier alpha value is -1.36. The summed E-state index contributed by atoms with van der Waals surface area (Å²) in [4.78, 5) is 21.4. The second kappa shape index (κ2) is 7.00. The zero-order valence-electron chi connectivity index (χ0n) is 8.73. The number of rotatable bonds is 7. The number of aliphatic carboxylic acids is 1. The number of carbonyl (C=O) groups excluding carboxylic acids is 1. The third kappa shape index (κ3) is 5.17. The first-order chi connectivity index (χ1) is 7.00. The molecule has 0 aromatic carbocycles. The molecule has 1 unspecified atom stereocenters. The Morgan fingerprint density at radius 3 is 2.47 bits per heavy atom. The highest BCUT2D eigenvalue weighted by Crippen LogP contribution is 2.03. The van der Waals surface area contributed by atoms with Gasteiger partial charge in [-0.05, 0) is 6.42 Å². The van der Waals surface area contributed by atoms with Crippen molar-refractivity contribution >= 4 is 11.9 Å². The highest BCUT2D eigenvalue weighted by Gasteiger charge is 2.24. The topological polar surface area (TPSA) is 83.8 Å². The Labute approximate surface area is 88.4 Å². The van der Waals surface area contributed by atoms with Gasteiger partial charge in [0, 0.05) is 0 Å². The Kier molecular flexibility index (Phi) is 6.37. The van der Waals surface area contributed by atoms with E-state index in [1.165, 1.54) is 0 Å². The summed E-state index contributed by atoms with van der Waals surface area (Å²) in [6.07, 6.45) is 0.837. The molecule has 0 bridgehead atoms. The first kappa shape index (κ1) is 13.6. The van der Waals surface area contributed by atoms with Gasteiger partial charge in [-0.1, -0.05) is 26.3 Å². The van der Waals surface area contributed by atoms with Gasteiger partial charge in [0.25, 0.3) is 0 Å². The van der Waals surface area contributed by atoms with E-state index in [0.29, 0.717) is 6.42 Å². The van der Waals surface area contributed by atoms with Crippen LogP contribution in [0.3, 0.4) is 0 Å². The molecule has 0 spiro atoms. The molecule has 0 aliphatic heterocycles. The minimum absolute atomic E-state index is 0.191. The number of aliphatic hydroxyl groups is 1. The Morgan fingerprint density at radius 2 is 2.00 bits per heavy atom. The van der Waals surface area contributed by atoms with Gasteiger partial charge in [-0.25, -0.2) is 9.59 Å². The van der Waals surface area contributed by atoms with Crippen molar-refractivity contribution in [2.45, 2.75) is 32.3 Å². The molecular formula is C10H16O5. The average molecular weight is 216 g/mol. The highest BCUT2D eigenvalue weighted by atomic mass is 16.5. The van der Waals surface area contributed by atoms with Crippen LogP contribution in [0.2, 0.25) is 0 Å². The fourth-order valence-electron chi connectivity index (χ4n) is 0.863. The van der Waals surface area contributed by atoms with Crippen molar-refractivity contribution in [3.05, 3.63) is 12.2 Å². The molecule has 0 fully saturated rings. The molecule has 0 rings (SSSR count). The van der Waals surface area contributed by atoms with Crippen LogP contribution in [0.25, 0.3) is 0 Å². The summed E-state index contributed by atoms with van der Waals surface area (Å²) < 4.78 is 4.66. The third-order valence-electron chi connectivity index (χ3n) is 1.82. The van der Waals surface area contributed by atoms with Gasteiger partial charge < -0.3 is 14.9 Å². The molecule has 0 saturated heterocycles. The zero-order valence-corrected chi connectivity index (χ0v) is 8.73. The minimum Gasteiger partial charge on any atom is -0.478 e. The predicted octanol–water partition coefficient (Wildman–Crippen LogP) is 0.721. The largest absolute Gasteiger partial charge is 0.478 e. The van der Waals surface area contributed by atoms with Gasteiger partial charge in [-0.3, -0.25) is 0 Å². The van der Waals surface area contributed by atoms with Crippen molar-refractivity contribution in [3.8, 4) is 0 Å². The summed E-state index contributed by atoms with van der Waals surface area (Å²) >= 11 is 0. The molecule has 1 atom stereocenters. The number of carboxylic acid groups (broad SMARTS) is 1. The first-order valence-corrected chi connectivity index (χ1v) is 4.77. The summed E-state index contributed by atoms with van der Waals surface area (Å²) in [5, 5.41) is 17.6. The van der Waals surface area contributed by atoms with Crippen LogP contribution in [0, 0.1) is 0 Å². The third-order valence-corrected chi connectivity index (χ3v) is 1.82. The van der Waals surface area contributed by atoms with Crippen LogP contribution in [0.1, 0.15) is 26.2 Å². The highest BCUT2D eigenvalue weighted by molar-refractivity contribution is 5.95. The molecule has 2 N–H and O–H groups in total. The number of hydrogen-bond donors (Lipinski definition) is 2. The van der Waals surface area contributed by atoms with Crippen molar-refractivity contribution < 1.29 is 24.5 Å². The molecule has 86 valence electrons. The Balaban J connectivity index is 3.89. The Morgan fingerprint density at radius 1 is 1.40 bits per heavy atom. The van der Waals surface area contributed by atoms with Crippen LogP contribution in [0.4, 0.5) is 0 Å². The summed E-state index contributed by atoms with van der Waals surface area (Å²) in [5.41, 5.74) is -0.574. The fraction of sp³-hybridized carbons (Fsp3) is 0.600. The SMILES string of the molecule is C=C(C(=O)O)C(O)C(=O)OCCCCC. The van der Waals surface area contributed by atoms with Crippen molar-refractivity contribution in [3.63, 3.8) is 0 Å². The van der Waals surface area contributed by atoms with Gasteiger partial charge in [0.05, 0.1) is 12.2 Å². The number of esters is 1. The molecule has 0 aromatic rings. The molecule has 0 amide bonds. The number of hydrogen-bond acceptors (Lipinski definition) is 4. The molecule has 0 saturated carbocycles. The van der Waals surface area contributed by atoms with Gasteiger partial charge in [0.1, 0.15) is 0 Å². The van der Waals surface area contributed by atoms with Crippen molar-refractivity contribution in [2.75, 3.05) is 6.61 Å². The first-order valence-electron chi connectivity index (χ1n) is 4.77. The van der Waals surface area contributed by atoms with Gasteiger partial charge in [-0.15, -0.1) is 0 Å². The maximum absolute atomic E-state index is 11.1.